The number of hydrogen-bond acceptors (Lipinski definition) is 4. The summed E-state index contributed by atoms with van der Waals surface area (Å²) in [5, 5.41) is 10.3. The minimum atomic E-state index is -0.620. The first-order valence-corrected chi connectivity index (χ1v) is 6.72. The molecule has 1 heterocycles. The second-order valence-electron chi connectivity index (χ2n) is 5.96. The van der Waals surface area contributed by atoms with Crippen LogP contribution in [0.1, 0.15) is 27.2 Å². The highest BCUT2D eigenvalue weighted by atomic mass is 16.6. The lowest BCUT2D eigenvalue weighted by molar-refractivity contribution is -0.144. The van der Waals surface area contributed by atoms with E-state index in [1.807, 2.05) is 13.8 Å². The van der Waals surface area contributed by atoms with Crippen molar-refractivity contribution in [3.63, 3.8) is 0 Å². The van der Waals surface area contributed by atoms with Crippen LogP contribution in [0.15, 0.2) is 22.8 Å². The van der Waals surface area contributed by atoms with Crippen molar-refractivity contribution in [3.8, 4) is 0 Å². The first-order valence-electron chi connectivity index (χ1n) is 6.72. The summed E-state index contributed by atoms with van der Waals surface area (Å²) in [6.45, 7) is 5.59. The van der Waals surface area contributed by atoms with Gasteiger partial charge in [0.05, 0.1) is 12.0 Å². The fourth-order valence-corrected chi connectivity index (χ4v) is 3.82. The Morgan fingerprint density at radius 2 is 2.00 bits per heavy atom. The second-order valence-corrected chi connectivity index (χ2v) is 5.96. The monoisotopic (exact) mass is 262 g/mol. The van der Waals surface area contributed by atoms with Crippen LogP contribution in [-0.2, 0) is 14.3 Å². The molecule has 0 saturated carbocycles. The van der Waals surface area contributed by atoms with Gasteiger partial charge in [0.2, 0.25) is 0 Å². The molecule has 0 amide bonds. The summed E-state index contributed by atoms with van der Waals surface area (Å²) in [7, 11) is 0. The van der Waals surface area contributed by atoms with E-state index >= 15 is 0 Å². The molecule has 1 N–H and O–H groups in total. The van der Waals surface area contributed by atoms with E-state index in [0.717, 1.165) is 16.7 Å². The van der Waals surface area contributed by atoms with E-state index in [-0.39, 0.29) is 29.5 Å². The molecule has 0 unspecified atom stereocenters. The summed E-state index contributed by atoms with van der Waals surface area (Å²) >= 11 is 0. The highest BCUT2D eigenvalue weighted by molar-refractivity contribution is 6.09. The molecule has 19 heavy (non-hydrogen) atoms. The molecule has 4 nitrogen and oxygen atoms in total. The fourth-order valence-electron chi connectivity index (χ4n) is 3.82. The Labute approximate surface area is 112 Å². The van der Waals surface area contributed by atoms with Gasteiger partial charge in [-0.2, -0.15) is 0 Å². The smallest absolute Gasteiger partial charge is 0.309 e. The van der Waals surface area contributed by atoms with Gasteiger partial charge in [-0.25, -0.2) is 0 Å². The Morgan fingerprint density at radius 1 is 1.32 bits per heavy atom. The second kappa shape index (κ2) is 4.04. The van der Waals surface area contributed by atoms with Crippen molar-refractivity contribution in [3.05, 3.63) is 22.8 Å². The predicted octanol–water partition coefficient (Wildman–Crippen LogP) is 1.39. The number of ketones is 1. The van der Waals surface area contributed by atoms with Crippen LogP contribution in [0.5, 0.6) is 0 Å². The molecule has 0 aromatic heterocycles. The molecular formula is C15H18O4. The lowest BCUT2D eigenvalue weighted by Crippen LogP contribution is -2.35. The summed E-state index contributed by atoms with van der Waals surface area (Å²) in [6.07, 6.45) is 1.06. The number of esters is 1. The summed E-state index contributed by atoms with van der Waals surface area (Å²) < 4.78 is 5.48. The highest BCUT2D eigenvalue weighted by Crippen LogP contribution is 2.47. The Kier molecular flexibility index (Phi) is 2.68. The minimum Gasteiger partial charge on any atom is -0.461 e. The average Bonchev–Trinajstić information content (AvgIpc) is 2.72. The first-order chi connectivity index (χ1) is 8.91. The maximum Gasteiger partial charge on any atom is 0.309 e. The summed E-state index contributed by atoms with van der Waals surface area (Å²) in [5.74, 6) is -0.957. The SMILES string of the molecule is CC1=CC(=O)C2=C(C)C[C@H](O)[C@H]3[C@H](OC(=O)[C@@H]3C)[C@@H]12. The molecule has 0 aromatic rings. The number of aliphatic hydroxyl groups excluding tert-OH is 1. The normalized spacial score (nSPS) is 41.7. The van der Waals surface area contributed by atoms with Gasteiger partial charge in [-0.1, -0.05) is 18.1 Å². The van der Waals surface area contributed by atoms with Gasteiger partial charge in [-0.3, -0.25) is 9.59 Å². The van der Waals surface area contributed by atoms with Gasteiger partial charge < -0.3 is 9.84 Å². The maximum atomic E-state index is 12.1. The van der Waals surface area contributed by atoms with E-state index in [1.54, 1.807) is 13.0 Å². The van der Waals surface area contributed by atoms with Crippen LogP contribution in [0.4, 0.5) is 0 Å². The Morgan fingerprint density at radius 3 is 2.68 bits per heavy atom. The molecule has 102 valence electrons. The molecule has 1 fully saturated rings. The van der Waals surface area contributed by atoms with Gasteiger partial charge in [0.15, 0.2) is 5.78 Å². The summed E-state index contributed by atoms with van der Waals surface area (Å²) in [5.41, 5.74) is 2.59. The number of carbonyl (C=O) groups is 2. The molecule has 4 heteroatoms. The number of hydrogen-bond donors (Lipinski definition) is 1. The molecule has 1 saturated heterocycles. The van der Waals surface area contributed by atoms with Crippen molar-refractivity contribution in [2.75, 3.05) is 0 Å². The molecule has 0 bridgehead atoms. The molecule has 1 aliphatic heterocycles. The van der Waals surface area contributed by atoms with Crippen molar-refractivity contribution in [2.24, 2.45) is 17.8 Å². The van der Waals surface area contributed by atoms with Crippen molar-refractivity contribution in [1.29, 1.82) is 0 Å². The van der Waals surface area contributed by atoms with Crippen molar-refractivity contribution in [2.45, 2.75) is 39.4 Å². The van der Waals surface area contributed by atoms with Gasteiger partial charge in [0.1, 0.15) is 6.10 Å². The first kappa shape index (κ1) is 12.6. The molecule has 0 radical (unpaired) electrons. The van der Waals surface area contributed by atoms with E-state index in [0.29, 0.717) is 6.42 Å². The van der Waals surface area contributed by atoms with Crippen LogP contribution in [0.3, 0.4) is 0 Å². The zero-order valence-corrected chi connectivity index (χ0v) is 11.3. The van der Waals surface area contributed by atoms with E-state index in [2.05, 4.69) is 0 Å². The van der Waals surface area contributed by atoms with Gasteiger partial charge in [-0.15, -0.1) is 0 Å². The van der Waals surface area contributed by atoms with Gasteiger partial charge in [-0.05, 0) is 26.3 Å². The molecular weight excluding hydrogens is 244 g/mol. The molecule has 0 spiro atoms. The standard InChI is InChI=1S/C15H18O4/c1-6-4-10(17)13-8(3)15(18)19-14(13)12-7(2)5-9(16)11(6)12/h5,8,10,12-14,17H,4H2,1-3H3/t8-,10+,12+,13+,14-/m1/s1. The third-order valence-corrected chi connectivity index (χ3v) is 4.75. The van der Waals surface area contributed by atoms with Crippen molar-refractivity contribution < 1.29 is 19.4 Å². The number of carbonyl (C=O) groups excluding carboxylic acids is 2. The largest absolute Gasteiger partial charge is 0.461 e. The Bertz CT molecular complexity index is 528. The fraction of sp³-hybridized carbons (Fsp3) is 0.600. The number of ether oxygens (including phenoxy) is 1. The third kappa shape index (κ3) is 1.62. The molecule has 3 aliphatic rings. The zero-order valence-electron chi connectivity index (χ0n) is 11.3. The Hall–Kier alpha value is -1.42. The van der Waals surface area contributed by atoms with Crippen molar-refractivity contribution in [1.82, 2.24) is 0 Å². The van der Waals surface area contributed by atoms with Gasteiger partial charge in [0, 0.05) is 17.4 Å². The summed E-state index contributed by atoms with van der Waals surface area (Å²) in [4.78, 5) is 23.9. The third-order valence-electron chi connectivity index (χ3n) is 4.75. The van der Waals surface area contributed by atoms with Crippen LogP contribution in [0.2, 0.25) is 0 Å². The summed E-state index contributed by atoms with van der Waals surface area (Å²) in [6, 6.07) is 0. The topological polar surface area (TPSA) is 63.6 Å². The number of fused-ring (bicyclic) bond motifs is 3. The Balaban J connectivity index is 2.11. The lowest BCUT2D eigenvalue weighted by atomic mass is 9.80. The maximum absolute atomic E-state index is 12.1. The van der Waals surface area contributed by atoms with E-state index in [4.69, 9.17) is 4.74 Å². The zero-order chi connectivity index (χ0) is 13.9. The lowest BCUT2D eigenvalue weighted by Gasteiger charge is -2.26. The van der Waals surface area contributed by atoms with Crippen LogP contribution >= 0.6 is 0 Å². The molecule has 0 aromatic carbocycles. The number of aliphatic hydroxyl groups is 1. The van der Waals surface area contributed by atoms with E-state index in [9.17, 15) is 14.7 Å². The van der Waals surface area contributed by atoms with Crippen LogP contribution in [0.25, 0.3) is 0 Å². The predicted molar refractivity (Wildman–Crippen MR) is 68.1 cm³/mol. The number of allylic oxidation sites excluding steroid dienone is 1. The van der Waals surface area contributed by atoms with Crippen LogP contribution in [-0.4, -0.2) is 29.1 Å². The van der Waals surface area contributed by atoms with Crippen LogP contribution in [0, 0.1) is 17.8 Å². The van der Waals surface area contributed by atoms with Crippen LogP contribution < -0.4 is 0 Å². The number of rotatable bonds is 0. The van der Waals surface area contributed by atoms with E-state index < -0.39 is 12.2 Å². The quantitative estimate of drug-likeness (QED) is 0.670. The van der Waals surface area contributed by atoms with Gasteiger partial charge >= 0.3 is 5.97 Å². The molecule has 3 rings (SSSR count). The minimum absolute atomic E-state index is 0.00320. The molecule has 5 atom stereocenters. The average molecular weight is 262 g/mol. The van der Waals surface area contributed by atoms with E-state index in [1.165, 1.54) is 0 Å². The van der Waals surface area contributed by atoms with Gasteiger partial charge in [0.25, 0.3) is 0 Å². The van der Waals surface area contributed by atoms with Crippen molar-refractivity contribution >= 4 is 11.8 Å². The highest BCUT2D eigenvalue weighted by Gasteiger charge is 2.53. The molecule has 2 aliphatic carbocycles.